The number of furan rings is 1. The monoisotopic (exact) mass is 370 g/mol. The molecule has 0 saturated heterocycles. The molecule has 0 saturated carbocycles. The number of hydrogen-bond donors (Lipinski definition) is 1. The van der Waals surface area contributed by atoms with Gasteiger partial charge >= 0.3 is 0 Å². The fourth-order valence-corrected chi connectivity index (χ4v) is 3.50. The molecule has 1 atom stereocenters. The number of para-hydroxylation sites is 1. The zero-order chi connectivity index (χ0) is 18.6. The van der Waals surface area contributed by atoms with Gasteiger partial charge in [-0.15, -0.1) is 0 Å². The highest BCUT2D eigenvalue weighted by atomic mass is 32.2. The third kappa shape index (κ3) is 4.60. The molecular weight excluding hydrogens is 348 g/mol. The highest BCUT2D eigenvalue weighted by Gasteiger charge is 2.20. The Morgan fingerprint density at radius 2 is 1.77 bits per heavy atom. The molecule has 0 radical (unpaired) electrons. The maximum Gasteiger partial charge on any atom is 0.233 e. The van der Waals surface area contributed by atoms with Crippen molar-refractivity contribution >= 4 is 27.1 Å². The van der Waals surface area contributed by atoms with Gasteiger partial charge in [-0.25, -0.2) is 13.1 Å². The third-order valence-corrected chi connectivity index (χ3v) is 5.18. The fraction of sp³-hybridized carbons (Fsp3) is 0.200. The van der Waals surface area contributed by atoms with Crippen molar-refractivity contribution in [1.82, 2.24) is 9.62 Å². The maximum atomic E-state index is 12.3. The summed E-state index contributed by atoms with van der Waals surface area (Å²) in [6.45, 7) is 0.217. The van der Waals surface area contributed by atoms with Crippen molar-refractivity contribution in [1.29, 1.82) is 0 Å². The first kappa shape index (κ1) is 18.4. The second-order valence-electron chi connectivity index (χ2n) is 6.27. The maximum absolute atomic E-state index is 12.3. The number of hydrogen-bond acceptors (Lipinski definition) is 4. The SMILES string of the molecule is CN(C)[C@H](CNS(=O)(=O)/C=C/c1ccccc1)c1cc2ccccc2o1. The van der Waals surface area contributed by atoms with E-state index in [1.165, 1.54) is 5.41 Å². The van der Waals surface area contributed by atoms with Crippen LogP contribution in [0.4, 0.5) is 0 Å². The van der Waals surface area contributed by atoms with E-state index in [-0.39, 0.29) is 12.6 Å². The molecule has 0 fully saturated rings. The summed E-state index contributed by atoms with van der Waals surface area (Å²) in [4.78, 5) is 1.93. The normalized spacial score (nSPS) is 13.7. The summed E-state index contributed by atoms with van der Waals surface area (Å²) in [5, 5.41) is 2.19. The first-order chi connectivity index (χ1) is 12.4. The van der Waals surface area contributed by atoms with E-state index >= 15 is 0 Å². The van der Waals surface area contributed by atoms with Gasteiger partial charge in [0.15, 0.2) is 0 Å². The second-order valence-corrected chi connectivity index (χ2v) is 7.92. The molecule has 1 N–H and O–H groups in total. The van der Waals surface area contributed by atoms with Gasteiger partial charge in [0, 0.05) is 17.3 Å². The minimum atomic E-state index is -3.55. The average Bonchev–Trinajstić information content (AvgIpc) is 3.04. The molecule has 6 heteroatoms. The molecule has 1 heterocycles. The van der Waals surface area contributed by atoms with Gasteiger partial charge in [0.2, 0.25) is 10.0 Å². The molecular formula is C20H22N2O3S. The van der Waals surface area contributed by atoms with Crippen molar-refractivity contribution in [2.24, 2.45) is 0 Å². The summed E-state index contributed by atoms with van der Waals surface area (Å²) < 4.78 is 33.1. The molecule has 3 aromatic rings. The number of nitrogens with one attached hydrogen (secondary N) is 1. The van der Waals surface area contributed by atoms with Crippen molar-refractivity contribution in [2.45, 2.75) is 6.04 Å². The van der Waals surface area contributed by atoms with Crippen LogP contribution in [-0.2, 0) is 10.0 Å². The highest BCUT2D eigenvalue weighted by Crippen LogP contribution is 2.26. The molecule has 0 bridgehead atoms. The lowest BCUT2D eigenvalue weighted by atomic mass is 10.2. The number of sulfonamides is 1. The van der Waals surface area contributed by atoms with Crippen molar-refractivity contribution in [3.05, 3.63) is 77.4 Å². The standard InChI is InChI=1S/C20H22N2O3S/c1-22(2)18(20-14-17-10-6-7-11-19(17)25-20)15-21-26(23,24)13-12-16-8-4-3-5-9-16/h3-14,18,21H,15H2,1-2H3/b13-12+/t18-/m1/s1. The van der Waals surface area contributed by atoms with E-state index in [2.05, 4.69) is 4.72 Å². The van der Waals surface area contributed by atoms with Crippen LogP contribution in [0.5, 0.6) is 0 Å². The predicted octanol–water partition coefficient (Wildman–Crippen LogP) is 3.63. The van der Waals surface area contributed by atoms with Crippen LogP contribution in [0, 0.1) is 0 Å². The lowest BCUT2D eigenvalue weighted by molar-refractivity contribution is 0.264. The van der Waals surface area contributed by atoms with Gasteiger partial charge in [0.05, 0.1) is 6.04 Å². The van der Waals surface area contributed by atoms with Crippen molar-refractivity contribution in [3.63, 3.8) is 0 Å². The van der Waals surface area contributed by atoms with Crippen LogP contribution in [-0.4, -0.2) is 34.0 Å². The summed E-state index contributed by atoms with van der Waals surface area (Å²) in [6, 6.07) is 18.8. The van der Waals surface area contributed by atoms with Crippen LogP contribution in [0.15, 0.2) is 70.5 Å². The van der Waals surface area contributed by atoms with E-state index in [1.807, 2.05) is 79.7 Å². The predicted molar refractivity (Wildman–Crippen MR) is 105 cm³/mol. The molecule has 3 rings (SSSR count). The van der Waals surface area contributed by atoms with Gasteiger partial charge in [0.25, 0.3) is 0 Å². The Labute approximate surface area is 154 Å². The largest absolute Gasteiger partial charge is 0.459 e. The number of likely N-dealkylation sites (N-methyl/N-ethyl adjacent to an activating group) is 1. The molecule has 0 aliphatic heterocycles. The minimum Gasteiger partial charge on any atom is -0.459 e. The molecule has 1 aromatic heterocycles. The zero-order valence-corrected chi connectivity index (χ0v) is 15.6. The van der Waals surface area contributed by atoms with Crippen LogP contribution in [0.1, 0.15) is 17.4 Å². The third-order valence-electron chi connectivity index (χ3n) is 4.11. The minimum absolute atomic E-state index is 0.206. The molecule has 5 nitrogen and oxygen atoms in total. The number of benzene rings is 2. The molecule has 2 aromatic carbocycles. The first-order valence-electron chi connectivity index (χ1n) is 8.32. The topological polar surface area (TPSA) is 62.6 Å². The van der Waals surface area contributed by atoms with Crippen molar-refractivity contribution < 1.29 is 12.8 Å². The first-order valence-corrected chi connectivity index (χ1v) is 9.87. The summed E-state index contributed by atoms with van der Waals surface area (Å²) in [7, 11) is 0.244. The van der Waals surface area contributed by atoms with Crippen LogP contribution < -0.4 is 4.72 Å². The Morgan fingerprint density at radius 3 is 2.46 bits per heavy atom. The van der Waals surface area contributed by atoms with Gasteiger partial charge in [-0.1, -0.05) is 48.5 Å². The summed E-state index contributed by atoms with van der Waals surface area (Å²) in [5.74, 6) is 0.728. The molecule has 26 heavy (non-hydrogen) atoms. The Kier molecular flexibility index (Phi) is 5.56. The van der Waals surface area contributed by atoms with Crippen LogP contribution in [0.2, 0.25) is 0 Å². The molecule has 0 unspecified atom stereocenters. The summed E-state index contributed by atoms with van der Waals surface area (Å²) in [6.07, 6.45) is 1.58. The smallest absolute Gasteiger partial charge is 0.233 e. The Bertz CT molecular complexity index is 959. The van der Waals surface area contributed by atoms with Crippen molar-refractivity contribution in [3.8, 4) is 0 Å². The number of rotatable bonds is 7. The molecule has 0 aliphatic rings. The Morgan fingerprint density at radius 1 is 1.08 bits per heavy atom. The summed E-state index contributed by atoms with van der Waals surface area (Å²) in [5.41, 5.74) is 1.63. The van der Waals surface area contributed by atoms with E-state index < -0.39 is 10.0 Å². The van der Waals surface area contributed by atoms with Crippen LogP contribution in [0.3, 0.4) is 0 Å². The second kappa shape index (κ2) is 7.86. The van der Waals surface area contributed by atoms with E-state index in [0.717, 1.165) is 22.3 Å². The van der Waals surface area contributed by atoms with Gasteiger partial charge in [0.1, 0.15) is 11.3 Å². The molecule has 0 spiro atoms. The van der Waals surface area contributed by atoms with E-state index in [1.54, 1.807) is 6.08 Å². The highest BCUT2D eigenvalue weighted by molar-refractivity contribution is 7.92. The lowest BCUT2D eigenvalue weighted by Gasteiger charge is -2.22. The molecule has 0 amide bonds. The van der Waals surface area contributed by atoms with Gasteiger partial charge in [-0.3, -0.25) is 4.90 Å². The molecule has 136 valence electrons. The van der Waals surface area contributed by atoms with Crippen LogP contribution >= 0.6 is 0 Å². The summed E-state index contributed by atoms with van der Waals surface area (Å²) >= 11 is 0. The Balaban J connectivity index is 1.73. The Hall–Kier alpha value is -2.41. The van der Waals surface area contributed by atoms with Crippen LogP contribution in [0.25, 0.3) is 17.0 Å². The fourth-order valence-electron chi connectivity index (χ4n) is 2.68. The average molecular weight is 370 g/mol. The van der Waals surface area contributed by atoms with Crippen molar-refractivity contribution in [2.75, 3.05) is 20.6 Å². The van der Waals surface area contributed by atoms with E-state index in [9.17, 15) is 8.42 Å². The van der Waals surface area contributed by atoms with Gasteiger partial charge in [-0.05, 0) is 37.9 Å². The van der Waals surface area contributed by atoms with Gasteiger partial charge in [-0.2, -0.15) is 0 Å². The zero-order valence-electron chi connectivity index (χ0n) is 14.8. The number of fused-ring (bicyclic) bond motifs is 1. The number of nitrogens with zero attached hydrogens (tertiary/aromatic N) is 1. The van der Waals surface area contributed by atoms with E-state index in [4.69, 9.17) is 4.42 Å². The van der Waals surface area contributed by atoms with Gasteiger partial charge < -0.3 is 4.42 Å². The molecule has 0 aliphatic carbocycles. The quantitative estimate of drug-likeness (QED) is 0.690. The van der Waals surface area contributed by atoms with E-state index in [0.29, 0.717) is 0 Å². The lowest BCUT2D eigenvalue weighted by Crippen LogP contribution is -2.33.